The Labute approximate surface area is 126 Å². The summed E-state index contributed by atoms with van der Waals surface area (Å²) in [6.07, 6.45) is 4.83. The summed E-state index contributed by atoms with van der Waals surface area (Å²) in [4.78, 5) is 18.1. The minimum absolute atomic E-state index is 0.0769. The number of aliphatic hydroxyl groups is 1. The third kappa shape index (κ3) is 4.28. The number of aromatic nitrogens is 2. The topological polar surface area (TPSA) is 70.4 Å². The highest BCUT2D eigenvalue weighted by atomic mass is 16.3. The van der Waals surface area contributed by atoms with Crippen LogP contribution in [0.2, 0.25) is 0 Å². The van der Waals surface area contributed by atoms with Crippen LogP contribution < -0.4 is 5.32 Å². The second-order valence-electron chi connectivity index (χ2n) is 6.18. The number of nitrogens with zero attached hydrogens (tertiary/aromatic N) is 3. The van der Waals surface area contributed by atoms with E-state index in [1.54, 1.807) is 6.20 Å². The Morgan fingerprint density at radius 3 is 2.67 bits per heavy atom. The molecule has 1 amide bonds. The van der Waals surface area contributed by atoms with E-state index < -0.39 is 6.10 Å². The molecule has 6 nitrogen and oxygen atoms in total. The molecule has 1 fully saturated rings. The van der Waals surface area contributed by atoms with Gasteiger partial charge in [-0.2, -0.15) is 0 Å². The molecule has 0 spiro atoms. The fourth-order valence-electron chi connectivity index (χ4n) is 2.87. The zero-order valence-electron chi connectivity index (χ0n) is 13.1. The molecule has 0 bridgehead atoms. The van der Waals surface area contributed by atoms with Crippen molar-refractivity contribution in [3.05, 3.63) is 18.2 Å². The normalized spacial score (nSPS) is 18.9. The number of imidazole rings is 1. The molecule has 2 heterocycles. The van der Waals surface area contributed by atoms with Crippen LogP contribution in [0.5, 0.6) is 0 Å². The van der Waals surface area contributed by atoms with Crippen molar-refractivity contribution in [2.45, 2.75) is 38.8 Å². The van der Waals surface area contributed by atoms with E-state index in [9.17, 15) is 9.90 Å². The lowest BCUT2D eigenvalue weighted by atomic mass is 9.90. The molecule has 0 aliphatic carbocycles. The summed E-state index contributed by atoms with van der Waals surface area (Å²) in [5.41, 5.74) is 0. The van der Waals surface area contributed by atoms with Gasteiger partial charge in [0.25, 0.3) is 0 Å². The lowest BCUT2D eigenvalue weighted by Crippen LogP contribution is -2.44. The van der Waals surface area contributed by atoms with Gasteiger partial charge in [0.15, 0.2) is 0 Å². The molecule has 6 heteroatoms. The Hall–Kier alpha value is -1.40. The quantitative estimate of drug-likeness (QED) is 0.838. The Kier molecular flexibility index (Phi) is 5.36. The molecule has 1 aromatic rings. The van der Waals surface area contributed by atoms with Crippen LogP contribution in [0, 0.1) is 5.92 Å². The van der Waals surface area contributed by atoms with Crippen molar-refractivity contribution >= 4 is 5.91 Å². The Bertz CT molecular complexity index is 464. The summed E-state index contributed by atoms with van der Waals surface area (Å²) in [6.45, 7) is 6.07. The van der Waals surface area contributed by atoms with Crippen molar-refractivity contribution in [3.63, 3.8) is 0 Å². The first kappa shape index (κ1) is 16.0. The van der Waals surface area contributed by atoms with E-state index >= 15 is 0 Å². The number of carbonyl (C=O) groups excluding carboxylic acids is 1. The lowest BCUT2D eigenvalue weighted by Gasteiger charge is -2.33. The van der Waals surface area contributed by atoms with E-state index in [0.29, 0.717) is 6.54 Å². The molecular weight excluding hydrogens is 268 g/mol. The number of hydrogen-bond acceptors (Lipinski definition) is 4. The molecule has 1 aliphatic heterocycles. The van der Waals surface area contributed by atoms with E-state index in [0.717, 1.165) is 31.8 Å². The number of amides is 1. The maximum absolute atomic E-state index is 11.8. The monoisotopic (exact) mass is 294 g/mol. The van der Waals surface area contributed by atoms with Crippen molar-refractivity contribution in [2.24, 2.45) is 13.0 Å². The number of likely N-dealkylation sites (tertiary alicyclic amines) is 1. The third-order valence-corrected chi connectivity index (χ3v) is 4.02. The maximum Gasteiger partial charge on any atom is 0.234 e. The van der Waals surface area contributed by atoms with Crippen molar-refractivity contribution in [1.82, 2.24) is 19.8 Å². The van der Waals surface area contributed by atoms with Gasteiger partial charge in [-0.1, -0.05) is 0 Å². The van der Waals surface area contributed by atoms with Gasteiger partial charge in [0, 0.05) is 25.5 Å². The van der Waals surface area contributed by atoms with Crippen LogP contribution >= 0.6 is 0 Å². The first-order chi connectivity index (χ1) is 9.97. The predicted molar refractivity (Wildman–Crippen MR) is 80.6 cm³/mol. The molecule has 2 N–H and O–H groups in total. The highest BCUT2D eigenvalue weighted by Crippen LogP contribution is 2.29. The average Bonchev–Trinajstić information content (AvgIpc) is 2.84. The van der Waals surface area contributed by atoms with Gasteiger partial charge in [-0.3, -0.25) is 9.69 Å². The van der Waals surface area contributed by atoms with Crippen molar-refractivity contribution in [1.29, 1.82) is 0 Å². The Morgan fingerprint density at radius 1 is 1.48 bits per heavy atom. The molecule has 0 saturated carbocycles. The number of aliphatic hydroxyl groups excluding tert-OH is 1. The summed E-state index contributed by atoms with van der Waals surface area (Å²) in [5, 5.41) is 13.3. The number of carbonyl (C=O) groups is 1. The summed E-state index contributed by atoms with van der Waals surface area (Å²) in [6, 6.07) is 0.181. The van der Waals surface area contributed by atoms with Crippen LogP contribution in [-0.4, -0.2) is 51.1 Å². The Morgan fingerprint density at radius 2 is 2.14 bits per heavy atom. The molecule has 1 unspecified atom stereocenters. The number of hydrogen-bond donors (Lipinski definition) is 2. The smallest absolute Gasteiger partial charge is 0.234 e. The van der Waals surface area contributed by atoms with Crippen LogP contribution in [0.3, 0.4) is 0 Å². The predicted octanol–water partition coefficient (Wildman–Crippen LogP) is 0.690. The van der Waals surface area contributed by atoms with Crippen LogP contribution in [0.25, 0.3) is 0 Å². The van der Waals surface area contributed by atoms with E-state index in [1.807, 2.05) is 31.7 Å². The highest BCUT2D eigenvalue weighted by molar-refractivity contribution is 5.78. The molecule has 118 valence electrons. The zero-order valence-corrected chi connectivity index (χ0v) is 13.1. The van der Waals surface area contributed by atoms with Gasteiger partial charge < -0.3 is 15.0 Å². The minimum Gasteiger partial charge on any atom is -0.385 e. The van der Waals surface area contributed by atoms with Crippen LogP contribution in [0.15, 0.2) is 12.4 Å². The van der Waals surface area contributed by atoms with Gasteiger partial charge in [0.05, 0.1) is 6.54 Å². The molecule has 1 atom stereocenters. The number of nitrogens with one attached hydrogen (secondary N) is 1. The van der Waals surface area contributed by atoms with Crippen LogP contribution in [0.1, 0.15) is 38.6 Å². The molecule has 0 aromatic carbocycles. The molecule has 1 aliphatic rings. The first-order valence-corrected chi connectivity index (χ1v) is 7.64. The maximum atomic E-state index is 11.8. The van der Waals surface area contributed by atoms with Crippen molar-refractivity contribution in [3.8, 4) is 0 Å². The first-order valence-electron chi connectivity index (χ1n) is 7.64. The molecule has 1 aromatic heterocycles. The largest absolute Gasteiger partial charge is 0.385 e. The minimum atomic E-state index is -0.517. The fourth-order valence-corrected chi connectivity index (χ4v) is 2.87. The van der Waals surface area contributed by atoms with E-state index in [4.69, 9.17) is 0 Å². The van der Waals surface area contributed by atoms with Gasteiger partial charge >= 0.3 is 0 Å². The number of piperidine rings is 1. The second kappa shape index (κ2) is 7.04. The summed E-state index contributed by atoms with van der Waals surface area (Å²) in [5.74, 6) is 1.02. The van der Waals surface area contributed by atoms with Gasteiger partial charge in [-0.05, 0) is 45.7 Å². The standard InChI is InChI=1S/C15H26N4O2/c1-11(2)17-13(20)10-19-7-4-12(5-8-19)14(21)15-16-6-9-18(15)3/h6,9,11-12,14,21H,4-5,7-8,10H2,1-3H3,(H,17,20). The van der Waals surface area contributed by atoms with Crippen molar-refractivity contribution in [2.75, 3.05) is 19.6 Å². The van der Waals surface area contributed by atoms with E-state index in [2.05, 4.69) is 15.2 Å². The molecule has 2 rings (SSSR count). The summed E-state index contributed by atoms with van der Waals surface area (Å²) < 4.78 is 1.87. The number of aryl methyl sites for hydroxylation is 1. The third-order valence-electron chi connectivity index (χ3n) is 4.02. The zero-order chi connectivity index (χ0) is 15.4. The summed E-state index contributed by atoms with van der Waals surface area (Å²) in [7, 11) is 1.90. The van der Waals surface area contributed by atoms with Crippen LogP contribution in [-0.2, 0) is 11.8 Å². The highest BCUT2D eigenvalue weighted by Gasteiger charge is 2.28. The average molecular weight is 294 g/mol. The van der Waals surface area contributed by atoms with Gasteiger partial charge in [-0.25, -0.2) is 4.98 Å². The fraction of sp³-hybridized carbons (Fsp3) is 0.733. The van der Waals surface area contributed by atoms with Gasteiger partial charge in [0.2, 0.25) is 5.91 Å². The molecule has 0 radical (unpaired) electrons. The summed E-state index contributed by atoms with van der Waals surface area (Å²) >= 11 is 0. The number of rotatable bonds is 5. The van der Waals surface area contributed by atoms with Crippen molar-refractivity contribution < 1.29 is 9.90 Å². The van der Waals surface area contributed by atoms with E-state index in [1.165, 1.54) is 0 Å². The Balaban J connectivity index is 1.80. The lowest BCUT2D eigenvalue weighted by molar-refractivity contribution is -0.123. The van der Waals surface area contributed by atoms with Gasteiger partial charge in [-0.15, -0.1) is 0 Å². The van der Waals surface area contributed by atoms with Gasteiger partial charge in [0.1, 0.15) is 11.9 Å². The molecule has 1 saturated heterocycles. The molecule has 21 heavy (non-hydrogen) atoms. The SMILES string of the molecule is CC(C)NC(=O)CN1CCC(C(O)c2nccn2C)CC1. The van der Waals surface area contributed by atoms with Crippen LogP contribution in [0.4, 0.5) is 0 Å². The van der Waals surface area contributed by atoms with E-state index in [-0.39, 0.29) is 17.9 Å². The molecular formula is C15H26N4O2. The second-order valence-corrected chi connectivity index (χ2v) is 6.18.